The van der Waals surface area contributed by atoms with E-state index < -0.39 is 0 Å². The lowest BCUT2D eigenvalue weighted by molar-refractivity contribution is 0.0563. The van der Waals surface area contributed by atoms with Crippen molar-refractivity contribution in [3.8, 4) is 0 Å². The van der Waals surface area contributed by atoms with Gasteiger partial charge >= 0.3 is 6.03 Å². The van der Waals surface area contributed by atoms with E-state index >= 15 is 0 Å². The van der Waals surface area contributed by atoms with Gasteiger partial charge in [-0.1, -0.05) is 0 Å². The Morgan fingerprint density at radius 2 is 2.25 bits per heavy atom. The van der Waals surface area contributed by atoms with E-state index in [1.54, 1.807) is 13.2 Å². The Morgan fingerprint density at radius 3 is 2.79 bits per heavy atom. The lowest BCUT2D eigenvalue weighted by Gasteiger charge is -2.40. The first kappa shape index (κ1) is 18.8. The number of carbonyl (C=O) groups excluding carboxylic acids is 1. The monoisotopic (exact) mass is 338 g/mol. The maximum absolute atomic E-state index is 12.5. The topological polar surface area (TPSA) is 72.2 Å². The fourth-order valence-electron chi connectivity index (χ4n) is 3.10. The minimum Gasteiger partial charge on any atom is -0.468 e. The zero-order valence-corrected chi connectivity index (χ0v) is 15.1. The first-order chi connectivity index (χ1) is 11.4. The molecule has 136 valence electrons. The molecule has 1 aliphatic heterocycles. The van der Waals surface area contributed by atoms with Crippen LogP contribution in [0.4, 0.5) is 4.79 Å². The van der Waals surface area contributed by atoms with Crippen molar-refractivity contribution in [2.45, 2.75) is 32.0 Å². The fourth-order valence-corrected chi connectivity index (χ4v) is 3.10. The number of piperazine rings is 1. The number of rotatable bonds is 6. The second-order valence-electron chi connectivity index (χ2n) is 6.82. The lowest BCUT2D eigenvalue weighted by atomic mass is 10.1. The van der Waals surface area contributed by atoms with Gasteiger partial charge in [0.1, 0.15) is 5.76 Å². The highest BCUT2D eigenvalue weighted by Gasteiger charge is 2.28. The predicted molar refractivity (Wildman–Crippen MR) is 92.8 cm³/mol. The van der Waals surface area contributed by atoms with Crippen LogP contribution in [0.25, 0.3) is 0 Å². The van der Waals surface area contributed by atoms with Gasteiger partial charge in [-0.3, -0.25) is 9.80 Å². The smallest absolute Gasteiger partial charge is 0.317 e. The largest absolute Gasteiger partial charge is 0.468 e. The number of amides is 2. The van der Waals surface area contributed by atoms with Crippen molar-refractivity contribution in [1.82, 2.24) is 20.0 Å². The highest BCUT2D eigenvalue weighted by Crippen LogP contribution is 2.18. The molecule has 0 unspecified atom stereocenters. The van der Waals surface area contributed by atoms with Crippen molar-refractivity contribution < 1.29 is 14.3 Å². The Kier molecular flexibility index (Phi) is 6.65. The second-order valence-corrected chi connectivity index (χ2v) is 6.82. The standard InChI is InChI=1S/C17H30N4O3/c1-13-11-21(8-7-20(13)12-14(2)22)17(23)18-10-15(19(3)4)16-6-5-9-24-16/h5-6,9,13-15,22H,7-8,10-12H2,1-4H3,(H,18,23)/t13-,14+,15-/m1/s1. The molecule has 7 nitrogen and oxygen atoms in total. The Balaban J connectivity index is 1.84. The number of nitrogens with zero attached hydrogens (tertiary/aromatic N) is 3. The molecule has 0 radical (unpaired) electrons. The van der Waals surface area contributed by atoms with Crippen LogP contribution in [0.15, 0.2) is 22.8 Å². The number of nitrogens with one attached hydrogen (secondary N) is 1. The third-order valence-corrected chi connectivity index (χ3v) is 4.49. The van der Waals surface area contributed by atoms with Crippen LogP contribution in [-0.2, 0) is 0 Å². The van der Waals surface area contributed by atoms with E-state index in [2.05, 4.69) is 17.1 Å². The first-order valence-corrected chi connectivity index (χ1v) is 8.53. The predicted octanol–water partition coefficient (Wildman–Crippen LogP) is 0.979. The van der Waals surface area contributed by atoms with Gasteiger partial charge in [0.15, 0.2) is 0 Å². The van der Waals surface area contributed by atoms with E-state index in [-0.39, 0.29) is 24.2 Å². The molecule has 2 rings (SSSR count). The van der Waals surface area contributed by atoms with E-state index in [0.29, 0.717) is 26.2 Å². The third-order valence-electron chi connectivity index (χ3n) is 4.49. The summed E-state index contributed by atoms with van der Waals surface area (Å²) < 4.78 is 5.47. The van der Waals surface area contributed by atoms with Crippen LogP contribution in [-0.4, -0.2) is 84.8 Å². The molecule has 0 bridgehead atoms. The number of aliphatic hydroxyl groups is 1. The van der Waals surface area contributed by atoms with Gasteiger partial charge in [0, 0.05) is 38.8 Å². The summed E-state index contributed by atoms with van der Waals surface area (Å²) in [7, 11) is 3.94. The van der Waals surface area contributed by atoms with Gasteiger partial charge in [0.05, 0.1) is 18.4 Å². The number of likely N-dealkylation sites (N-methyl/N-ethyl adjacent to an activating group) is 1. The van der Waals surface area contributed by atoms with Crippen molar-refractivity contribution in [2.24, 2.45) is 0 Å². The first-order valence-electron chi connectivity index (χ1n) is 8.53. The van der Waals surface area contributed by atoms with Gasteiger partial charge in [-0.15, -0.1) is 0 Å². The Hall–Kier alpha value is -1.57. The van der Waals surface area contributed by atoms with Crippen molar-refractivity contribution in [2.75, 3.05) is 46.8 Å². The van der Waals surface area contributed by atoms with Crippen molar-refractivity contribution in [3.63, 3.8) is 0 Å². The number of hydrogen-bond donors (Lipinski definition) is 2. The summed E-state index contributed by atoms with van der Waals surface area (Å²) in [5.74, 6) is 0.843. The normalized spacial score (nSPS) is 21.8. The molecule has 2 heterocycles. The Labute approximate surface area is 144 Å². The molecule has 1 saturated heterocycles. The zero-order valence-electron chi connectivity index (χ0n) is 15.1. The third kappa shape index (κ3) is 4.96. The summed E-state index contributed by atoms with van der Waals surface area (Å²) in [5, 5.41) is 12.6. The summed E-state index contributed by atoms with van der Waals surface area (Å²) in [4.78, 5) is 18.6. The molecule has 24 heavy (non-hydrogen) atoms. The van der Waals surface area contributed by atoms with Gasteiger partial charge in [-0.2, -0.15) is 0 Å². The molecule has 0 aromatic carbocycles. The van der Waals surface area contributed by atoms with Gasteiger partial charge in [0.2, 0.25) is 0 Å². The highest BCUT2D eigenvalue weighted by atomic mass is 16.3. The second kappa shape index (κ2) is 8.50. The van der Waals surface area contributed by atoms with E-state index in [0.717, 1.165) is 12.3 Å². The van der Waals surface area contributed by atoms with E-state index in [9.17, 15) is 9.90 Å². The number of urea groups is 1. The van der Waals surface area contributed by atoms with Crippen LogP contribution in [0.1, 0.15) is 25.6 Å². The molecule has 0 spiro atoms. The quantitative estimate of drug-likeness (QED) is 0.809. The van der Waals surface area contributed by atoms with Crippen LogP contribution < -0.4 is 5.32 Å². The van der Waals surface area contributed by atoms with Gasteiger partial charge < -0.3 is 19.7 Å². The molecule has 1 aromatic heterocycles. The van der Waals surface area contributed by atoms with E-state index in [1.807, 2.05) is 36.0 Å². The molecular formula is C17H30N4O3. The number of carbonyl (C=O) groups is 1. The number of β-amino-alcohol motifs (C(OH)–C–C–N with tert-alkyl or cyclic N) is 1. The van der Waals surface area contributed by atoms with E-state index in [4.69, 9.17) is 4.42 Å². The average molecular weight is 338 g/mol. The highest BCUT2D eigenvalue weighted by molar-refractivity contribution is 5.74. The minimum absolute atomic E-state index is 0.0119. The van der Waals surface area contributed by atoms with Crippen LogP contribution in [0.5, 0.6) is 0 Å². The molecule has 2 amide bonds. The summed E-state index contributed by atoms with van der Waals surface area (Å²) in [6.45, 7) is 7.17. The average Bonchev–Trinajstić information content (AvgIpc) is 3.02. The summed E-state index contributed by atoms with van der Waals surface area (Å²) in [6.07, 6.45) is 1.30. The van der Waals surface area contributed by atoms with Gasteiger partial charge in [0.25, 0.3) is 0 Å². The molecule has 3 atom stereocenters. The molecule has 2 N–H and O–H groups in total. The van der Waals surface area contributed by atoms with Gasteiger partial charge in [-0.05, 0) is 40.1 Å². The van der Waals surface area contributed by atoms with Crippen LogP contribution in [0.2, 0.25) is 0 Å². The van der Waals surface area contributed by atoms with Crippen LogP contribution in [0.3, 0.4) is 0 Å². The molecule has 1 fully saturated rings. The number of hydrogen-bond acceptors (Lipinski definition) is 5. The lowest BCUT2D eigenvalue weighted by Crippen LogP contribution is -2.57. The Morgan fingerprint density at radius 1 is 1.50 bits per heavy atom. The maximum atomic E-state index is 12.5. The summed E-state index contributed by atoms with van der Waals surface area (Å²) in [6, 6.07) is 3.99. The van der Waals surface area contributed by atoms with Gasteiger partial charge in [-0.25, -0.2) is 4.79 Å². The summed E-state index contributed by atoms with van der Waals surface area (Å²) in [5.41, 5.74) is 0. The Bertz CT molecular complexity index is 504. The van der Waals surface area contributed by atoms with Crippen molar-refractivity contribution in [3.05, 3.63) is 24.2 Å². The SMILES string of the molecule is C[C@H](O)CN1CCN(C(=O)NC[C@H](c2ccco2)N(C)C)C[C@H]1C. The molecule has 1 aromatic rings. The molecular weight excluding hydrogens is 308 g/mol. The van der Waals surface area contributed by atoms with Crippen LogP contribution in [0, 0.1) is 0 Å². The number of furan rings is 1. The molecule has 1 aliphatic rings. The minimum atomic E-state index is -0.345. The number of aliphatic hydroxyl groups excluding tert-OH is 1. The fraction of sp³-hybridized carbons (Fsp3) is 0.706. The van der Waals surface area contributed by atoms with Crippen LogP contribution >= 0.6 is 0 Å². The van der Waals surface area contributed by atoms with Crippen molar-refractivity contribution in [1.29, 1.82) is 0 Å². The van der Waals surface area contributed by atoms with E-state index in [1.165, 1.54) is 0 Å². The zero-order chi connectivity index (χ0) is 17.7. The summed E-state index contributed by atoms with van der Waals surface area (Å²) >= 11 is 0. The molecule has 0 aliphatic carbocycles. The maximum Gasteiger partial charge on any atom is 0.317 e. The molecule has 7 heteroatoms. The van der Waals surface area contributed by atoms with Crippen molar-refractivity contribution >= 4 is 6.03 Å². The molecule has 0 saturated carbocycles.